The maximum absolute atomic E-state index is 13.0. The predicted molar refractivity (Wildman–Crippen MR) is 31.1 cm³/mol. The van der Waals surface area contributed by atoms with Crippen LogP contribution in [-0.4, -0.2) is 0 Å². The van der Waals surface area contributed by atoms with Gasteiger partial charge in [-0.15, -0.1) is 0 Å². The zero-order valence-corrected chi connectivity index (χ0v) is 3.96. The lowest BCUT2D eigenvalue weighted by atomic mass is 10.2. The summed E-state index contributed by atoms with van der Waals surface area (Å²) in [5.41, 5.74) is -0.401. The van der Waals surface area contributed by atoms with Crippen LogP contribution in [0.1, 0.15) is 13.8 Å². The highest BCUT2D eigenvalue weighted by molar-refractivity contribution is 5.13. The Morgan fingerprint density at radius 3 is 2.62 bits per heavy atom. The number of hydrogen-bond donors (Lipinski definition) is 0. The maximum atomic E-state index is 13.0. The molecule has 1 rings (SSSR count). The Hall–Kier alpha value is -0.850. The van der Waals surface area contributed by atoms with E-state index in [4.69, 9.17) is 8.22 Å². The fourth-order valence-corrected chi connectivity index (χ4v) is 0.307. The van der Waals surface area contributed by atoms with E-state index in [9.17, 15) is 4.39 Å². The zero-order chi connectivity index (χ0) is 11.0. The predicted octanol–water partition coefficient (Wildman–Crippen LogP) is 2.13. The molecule has 0 spiro atoms. The van der Waals surface area contributed by atoms with Crippen LogP contribution in [0.2, 0.25) is 0 Å². The Balaban J connectivity index is 3.60. The minimum absolute atomic E-state index is 0.401. The van der Waals surface area contributed by atoms with Gasteiger partial charge in [0.15, 0.2) is 0 Å². The molecule has 8 heavy (non-hydrogen) atoms. The molecular formula is C7H7F. The summed E-state index contributed by atoms with van der Waals surface area (Å²) in [6.07, 6.45) is 0. The van der Waals surface area contributed by atoms with Crippen LogP contribution in [0.5, 0.6) is 0 Å². The van der Waals surface area contributed by atoms with Gasteiger partial charge in [0.25, 0.3) is 0 Å². The first-order valence-electron chi connectivity index (χ1n) is 5.13. The summed E-state index contributed by atoms with van der Waals surface area (Å²) in [6.45, 7) is -1.65. The van der Waals surface area contributed by atoms with Crippen LogP contribution in [0.4, 0.5) is 4.39 Å². The number of benzene rings is 1. The van der Waals surface area contributed by atoms with E-state index < -0.39 is 42.4 Å². The molecule has 0 saturated heterocycles. The first-order chi connectivity index (χ1) is 6.37. The largest absolute Gasteiger partial charge is 0.207 e. The van der Waals surface area contributed by atoms with E-state index in [1.165, 1.54) is 0 Å². The summed E-state index contributed by atoms with van der Waals surface area (Å²) in [7, 11) is 0. The van der Waals surface area contributed by atoms with E-state index in [0.29, 0.717) is 0 Å². The molecule has 0 fully saturated rings. The molecule has 1 aromatic rings. The van der Waals surface area contributed by atoms with Gasteiger partial charge in [0.2, 0.25) is 0 Å². The van der Waals surface area contributed by atoms with Crippen molar-refractivity contribution in [3.8, 4) is 0 Å². The molecule has 0 radical (unpaired) electrons. The lowest BCUT2D eigenvalue weighted by Crippen LogP contribution is -1.71. The molecule has 0 aliphatic rings. The second-order valence-corrected chi connectivity index (χ2v) is 1.23. The lowest BCUT2D eigenvalue weighted by molar-refractivity contribution is 0.627. The summed E-state index contributed by atoms with van der Waals surface area (Å²) >= 11 is 0. The van der Waals surface area contributed by atoms with Gasteiger partial charge < -0.3 is 0 Å². The van der Waals surface area contributed by atoms with Gasteiger partial charge >= 0.3 is 0 Å². The lowest BCUT2D eigenvalue weighted by Gasteiger charge is -1.87. The fraction of sp³-hybridized carbons (Fsp3) is 0.143. The Bertz CT molecular complexity index is 346. The van der Waals surface area contributed by atoms with Crippen LogP contribution in [0.25, 0.3) is 0 Å². The molecular weight excluding hydrogens is 103 g/mol. The Morgan fingerprint density at radius 1 is 1.50 bits per heavy atom. The fourth-order valence-electron chi connectivity index (χ4n) is 0.307. The van der Waals surface area contributed by atoms with Crippen LogP contribution in [-0.2, 0) is 0 Å². The van der Waals surface area contributed by atoms with Crippen molar-refractivity contribution in [2.45, 2.75) is 6.88 Å². The molecule has 0 aromatic heterocycles. The monoisotopic (exact) mass is 116 g/mol. The zero-order valence-electron chi connectivity index (χ0n) is 9.96. The topological polar surface area (TPSA) is 0 Å². The van der Waals surface area contributed by atoms with Crippen LogP contribution in [0.15, 0.2) is 24.2 Å². The van der Waals surface area contributed by atoms with Crippen LogP contribution >= 0.6 is 0 Å². The summed E-state index contributed by atoms with van der Waals surface area (Å²) < 4.78 is 55.6. The maximum Gasteiger partial charge on any atom is 0.123 e. The van der Waals surface area contributed by atoms with Gasteiger partial charge in [0.1, 0.15) is 5.82 Å². The smallest absolute Gasteiger partial charge is 0.123 e. The normalized spacial score (nSPS) is 20.2. The second-order valence-electron chi connectivity index (χ2n) is 1.23. The van der Waals surface area contributed by atoms with Gasteiger partial charge in [0.05, 0.1) is 5.48 Å². The molecule has 42 valence electrons. The highest BCUT2D eigenvalue weighted by Gasteiger charge is 1.83. The van der Waals surface area contributed by atoms with Crippen molar-refractivity contribution in [3.63, 3.8) is 0 Å². The minimum atomic E-state index is -1.65. The first kappa shape index (κ1) is 1.56. The molecule has 0 aliphatic heterocycles. The highest BCUT2D eigenvalue weighted by atomic mass is 19.1. The molecule has 0 amide bonds. The molecule has 0 bridgehead atoms. The van der Waals surface area contributed by atoms with Crippen molar-refractivity contribution in [2.24, 2.45) is 0 Å². The van der Waals surface area contributed by atoms with Crippen molar-refractivity contribution in [1.82, 2.24) is 0 Å². The van der Waals surface area contributed by atoms with Crippen molar-refractivity contribution < 1.29 is 12.6 Å². The SMILES string of the molecule is [2H]c1c([2H])c(C([2H])[2H])c([2H])c([2H])c1F. The molecule has 0 unspecified atom stereocenters. The van der Waals surface area contributed by atoms with E-state index in [-0.39, 0.29) is 0 Å². The molecule has 0 heterocycles. The van der Waals surface area contributed by atoms with Crippen molar-refractivity contribution in [1.29, 1.82) is 0 Å². The third kappa shape index (κ3) is 1.06. The molecule has 0 nitrogen and oxygen atoms in total. The highest BCUT2D eigenvalue weighted by Crippen LogP contribution is 1.98. The molecule has 0 N–H and O–H groups in total. The van der Waals surface area contributed by atoms with E-state index in [1.807, 2.05) is 0 Å². The van der Waals surface area contributed by atoms with Crippen molar-refractivity contribution >= 4 is 0 Å². The first-order valence-corrected chi connectivity index (χ1v) is 1.98. The third-order valence-corrected chi connectivity index (χ3v) is 0.614. The van der Waals surface area contributed by atoms with Crippen molar-refractivity contribution in [2.75, 3.05) is 0 Å². The van der Waals surface area contributed by atoms with Crippen LogP contribution in [0, 0.1) is 12.7 Å². The molecule has 0 saturated carbocycles. The second kappa shape index (κ2) is 1.95. The molecule has 1 aromatic carbocycles. The Kier molecular flexibility index (Phi) is 0.381. The van der Waals surface area contributed by atoms with Gasteiger partial charge in [-0.3, -0.25) is 0 Å². The quantitative estimate of drug-likeness (QED) is 0.487. The molecule has 1 heteroatoms. The Morgan fingerprint density at radius 2 is 2.12 bits per heavy atom. The van der Waals surface area contributed by atoms with E-state index >= 15 is 0 Å². The third-order valence-electron chi connectivity index (χ3n) is 0.614. The summed E-state index contributed by atoms with van der Waals surface area (Å²) in [5.74, 6) is -1.25. The van der Waals surface area contributed by atoms with Gasteiger partial charge in [-0.2, -0.15) is 0 Å². The molecule has 0 aliphatic carbocycles. The van der Waals surface area contributed by atoms with Crippen molar-refractivity contribution in [3.05, 3.63) is 35.6 Å². The number of halogens is 1. The summed E-state index contributed by atoms with van der Waals surface area (Å²) in [6, 6.07) is -2.96. The van der Waals surface area contributed by atoms with Gasteiger partial charge in [-0.05, 0) is 19.0 Å². The average molecular weight is 116 g/mol. The minimum Gasteiger partial charge on any atom is -0.207 e. The standard InChI is InChI=1S/C7H7F/c1-6-2-4-7(8)5-3-6/h2-5H,1H3/i1D2,2D,3D,4D,5D. The van der Waals surface area contributed by atoms with Crippen LogP contribution < -0.4 is 0 Å². The van der Waals surface area contributed by atoms with Gasteiger partial charge in [-0.1, -0.05) is 17.6 Å². The number of hydrogen-bond acceptors (Lipinski definition) is 0. The van der Waals surface area contributed by atoms with Crippen LogP contribution in [0.3, 0.4) is 0 Å². The molecule has 0 atom stereocenters. The van der Waals surface area contributed by atoms with Gasteiger partial charge in [-0.25, -0.2) is 4.39 Å². The Labute approximate surface area is 56.4 Å². The number of rotatable bonds is 0. The van der Waals surface area contributed by atoms with E-state index in [1.54, 1.807) is 0 Å². The summed E-state index contributed by atoms with van der Waals surface area (Å²) in [5, 5.41) is 0. The van der Waals surface area contributed by atoms with E-state index in [0.717, 1.165) is 0 Å². The average Bonchev–Trinajstić information content (AvgIpc) is 2.11. The summed E-state index contributed by atoms with van der Waals surface area (Å²) in [4.78, 5) is 0. The van der Waals surface area contributed by atoms with E-state index in [2.05, 4.69) is 0 Å². The van der Waals surface area contributed by atoms with Gasteiger partial charge in [0, 0.05) is 2.74 Å².